The average Bonchev–Trinajstić information content (AvgIpc) is 2.16. The molecule has 5 heteroatoms. The van der Waals surface area contributed by atoms with E-state index in [2.05, 4.69) is 22.7 Å². The van der Waals surface area contributed by atoms with E-state index >= 15 is 0 Å². The van der Waals surface area contributed by atoms with E-state index in [0.717, 1.165) is 39.3 Å². The summed E-state index contributed by atoms with van der Waals surface area (Å²) in [6.07, 6.45) is 0.666. The first-order chi connectivity index (χ1) is 7.24. The number of hydrogen-bond donors (Lipinski definition) is 2. The van der Waals surface area contributed by atoms with Gasteiger partial charge in [0.2, 0.25) is 5.91 Å². The molecule has 1 amide bonds. The largest absolute Gasteiger partial charge is 0.316 e. The van der Waals surface area contributed by atoms with Crippen LogP contribution in [0.25, 0.3) is 0 Å². The number of piperazine rings is 1. The Balaban J connectivity index is 1.64. The molecular formula is C10H20N4O. The van der Waals surface area contributed by atoms with Crippen LogP contribution in [0.4, 0.5) is 0 Å². The molecule has 2 aliphatic heterocycles. The molecule has 0 bridgehead atoms. The monoisotopic (exact) mass is 212 g/mol. The second-order valence-electron chi connectivity index (χ2n) is 4.55. The minimum Gasteiger partial charge on any atom is -0.316 e. The quantitative estimate of drug-likeness (QED) is 0.622. The van der Waals surface area contributed by atoms with Gasteiger partial charge in [-0.25, -0.2) is 5.01 Å². The summed E-state index contributed by atoms with van der Waals surface area (Å²) < 4.78 is 0. The molecule has 0 radical (unpaired) electrons. The van der Waals surface area contributed by atoms with Crippen LogP contribution in [-0.4, -0.2) is 62.1 Å². The Kier molecular flexibility index (Phi) is 3.56. The van der Waals surface area contributed by atoms with Gasteiger partial charge in [0.15, 0.2) is 0 Å². The van der Waals surface area contributed by atoms with Gasteiger partial charge in [-0.15, -0.1) is 0 Å². The maximum atomic E-state index is 11.6. The molecule has 86 valence electrons. The van der Waals surface area contributed by atoms with Crippen LogP contribution in [0.5, 0.6) is 0 Å². The lowest BCUT2D eigenvalue weighted by molar-refractivity contribution is -0.128. The van der Waals surface area contributed by atoms with Crippen LogP contribution in [0.3, 0.4) is 0 Å². The van der Waals surface area contributed by atoms with E-state index in [1.165, 1.54) is 0 Å². The third-order valence-electron chi connectivity index (χ3n) is 3.13. The minimum atomic E-state index is 0.172. The first-order valence-electron chi connectivity index (χ1n) is 5.68. The summed E-state index contributed by atoms with van der Waals surface area (Å²) in [4.78, 5) is 13.9. The third kappa shape index (κ3) is 3.15. The van der Waals surface area contributed by atoms with Crippen molar-refractivity contribution in [3.8, 4) is 0 Å². The molecule has 0 spiro atoms. The van der Waals surface area contributed by atoms with E-state index in [9.17, 15) is 4.79 Å². The van der Waals surface area contributed by atoms with Crippen LogP contribution < -0.4 is 10.7 Å². The number of nitrogens with one attached hydrogen (secondary N) is 2. The predicted octanol–water partition coefficient (Wildman–Crippen LogP) is -1.13. The molecule has 5 nitrogen and oxygen atoms in total. The van der Waals surface area contributed by atoms with Crippen molar-refractivity contribution in [2.24, 2.45) is 5.92 Å². The summed E-state index contributed by atoms with van der Waals surface area (Å²) >= 11 is 0. The molecule has 0 unspecified atom stereocenters. The fraction of sp³-hybridized carbons (Fsp3) is 0.900. The van der Waals surface area contributed by atoms with E-state index in [-0.39, 0.29) is 5.91 Å². The number of carbonyl (C=O) groups is 1. The lowest BCUT2D eigenvalue weighted by Crippen LogP contribution is -2.53. The predicted molar refractivity (Wildman–Crippen MR) is 58.2 cm³/mol. The van der Waals surface area contributed by atoms with Gasteiger partial charge in [0.25, 0.3) is 0 Å². The smallest absolute Gasteiger partial charge is 0.234 e. The first-order valence-corrected chi connectivity index (χ1v) is 5.68. The Morgan fingerprint density at radius 3 is 2.53 bits per heavy atom. The Hall–Kier alpha value is -0.650. The molecule has 0 atom stereocenters. The standard InChI is InChI=1S/C10H20N4O/c1-13-2-4-14(5-3-13)12-10(15)6-9-7-11-8-9/h9,11H,2-8H2,1H3,(H,12,15). The van der Waals surface area contributed by atoms with Gasteiger partial charge in [0.1, 0.15) is 0 Å². The molecule has 2 heterocycles. The molecule has 0 aromatic rings. The van der Waals surface area contributed by atoms with Crippen LogP contribution in [-0.2, 0) is 4.79 Å². The zero-order chi connectivity index (χ0) is 10.7. The van der Waals surface area contributed by atoms with Crippen LogP contribution >= 0.6 is 0 Å². The van der Waals surface area contributed by atoms with Crippen LogP contribution in [0.2, 0.25) is 0 Å². The molecular weight excluding hydrogens is 192 g/mol. The van der Waals surface area contributed by atoms with Gasteiger partial charge in [0.05, 0.1) is 0 Å². The van der Waals surface area contributed by atoms with Crippen molar-refractivity contribution in [3.63, 3.8) is 0 Å². The Morgan fingerprint density at radius 1 is 1.33 bits per heavy atom. The number of nitrogens with zero attached hydrogens (tertiary/aromatic N) is 2. The molecule has 0 saturated carbocycles. The molecule has 15 heavy (non-hydrogen) atoms. The topological polar surface area (TPSA) is 47.6 Å². The third-order valence-corrected chi connectivity index (χ3v) is 3.13. The van der Waals surface area contributed by atoms with E-state index in [0.29, 0.717) is 12.3 Å². The van der Waals surface area contributed by atoms with E-state index in [4.69, 9.17) is 0 Å². The highest BCUT2D eigenvalue weighted by Crippen LogP contribution is 2.07. The van der Waals surface area contributed by atoms with Gasteiger partial charge in [-0.05, 0) is 26.1 Å². The van der Waals surface area contributed by atoms with Gasteiger partial charge in [-0.1, -0.05) is 0 Å². The Morgan fingerprint density at radius 2 is 2.00 bits per heavy atom. The number of rotatable bonds is 3. The summed E-state index contributed by atoms with van der Waals surface area (Å²) in [5.41, 5.74) is 2.98. The van der Waals surface area contributed by atoms with Crippen molar-refractivity contribution in [2.75, 3.05) is 46.3 Å². The van der Waals surface area contributed by atoms with Crippen LogP contribution in [0.1, 0.15) is 6.42 Å². The van der Waals surface area contributed by atoms with E-state index in [1.54, 1.807) is 0 Å². The SMILES string of the molecule is CN1CCN(NC(=O)CC2CNC2)CC1. The Labute approximate surface area is 90.8 Å². The van der Waals surface area contributed by atoms with Crippen molar-refractivity contribution in [1.29, 1.82) is 0 Å². The van der Waals surface area contributed by atoms with E-state index < -0.39 is 0 Å². The molecule has 0 aliphatic carbocycles. The normalized spacial score (nSPS) is 24.9. The second-order valence-corrected chi connectivity index (χ2v) is 4.55. The van der Waals surface area contributed by atoms with Crippen LogP contribution in [0, 0.1) is 5.92 Å². The average molecular weight is 212 g/mol. The molecule has 2 rings (SSSR count). The molecule has 2 aliphatic rings. The van der Waals surface area contributed by atoms with Crippen molar-refractivity contribution in [1.82, 2.24) is 20.7 Å². The lowest BCUT2D eigenvalue weighted by Gasteiger charge is -2.33. The number of amides is 1. The van der Waals surface area contributed by atoms with Gasteiger partial charge in [-0.3, -0.25) is 10.2 Å². The molecule has 2 saturated heterocycles. The zero-order valence-corrected chi connectivity index (χ0v) is 9.33. The summed E-state index contributed by atoms with van der Waals surface area (Å²) in [6, 6.07) is 0. The van der Waals surface area contributed by atoms with Crippen molar-refractivity contribution < 1.29 is 4.79 Å². The van der Waals surface area contributed by atoms with Crippen molar-refractivity contribution >= 4 is 5.91 Å². The zero-order valence-electron chi connectivity index (χ0n) is 9.33. The number of hydrogen-bond acceptors (Lipinski definition) is 4. The highest BCUT2D eigenvalue weighted by Gasteiger charge is 2.22. The first kappa shape index (κ1) is 10.9. The summed E-state index contributed by atoms with van der Waals surface area (Å²) in [5, 5.41) is 5.21. The van der Waals surface area contributed by atoms with Gasteiger partial charge >= 0.3 is 0 Å². The summed E-state index contributed by atoms with van der Waals surface area (Å²) in [6.45, 7) is 5.93. The van der Waals surface area contributed by atoms with Gasteiger partial charge in [-0.2, -0.15) is 0 Å². The van der Waals surface area contributed by atoms with Gasteiger partial charge in [0, 0.05) is 32.6 Å². The number of hydrazine groups is 1. The Bertz CT molecular complexity index is 221. The number of likely N-dealkylation sites (N-methyl/N-ethyl adjacent to an activating group) is 1. The maximum Gasteiger partial charge on any atom is 0.234 e. The molecule has 2 N–H and O–H groups in total. The lowest BCUT2D eigenvalue weighted by atomic mass is 9.99. The van der Waals surface area contributed by atoms with Crippen LogP contribution in [0.15, 0.2) is 0 Å². The minimum absolute atomic E-state index is 0.172. The second kappa shape index (κ2) is 4.92. The van der Waals surface area contributed by atoms with Crippen molar-refractivity contribution in [2.45, 2.75) is 6.42 Å². The fourth-order valence-corrected chi connectivity index (χ4v) is 1.90. The molecule has 2 fully saturated rings. The highest BCUT2D eigenvalue weighted by molar-refractivity contribution is 5.75. The maximum absolute atomic E-state index is 11.6. The fourth-order valence-electron chi connectivity index (χ4n) is 1.90. The number of carbonyl (C=O) groups excluding carboxylic acids is 1. The van der Waals surface area contributed by atoms with E-state index in [1.807, 2.05) is 5.01 Å². The summed E-state index contributed by atoms with van der Waals surface area (Å²) in [5.74, 6) is 0.725. The molecule has 0 aromatic heterocycles. The molecule has 0 aromatic carbocycles. The highest BCUT2D eigenvalue weighted by atomic mass is 16.2. The summed E-state index contributed by atoms with van der Waals surface area (Å²) in [7, 11) is 2.11. The van der Waals surface area contributed by atoms with Gasteiger partial charge < -0.3 is 10.2 Å². The van der Waals surface area contributed by atoms with Crippen molar-refractivity contribution in [3.05, 3.63) is 0 Å².